The summed E-state index contributed by atoms with van der Waals surface area (Å²) in [4.78, 5) is 7.89. The summed E-state index contributed by atoms with van der Waals surface area (Å²) < 4.78 is 5.56. The number of H-pyrrole nitrogens is 1. The predicted octanol–water partition coefficient (Wildman–Crippen LogP) is 3.03. The first-order valence-electron chi connectivity index (χ1n) is 6.58. The van der Waals surface area contributed by atoms with Crippen LogP contribution in [0.4, 0.5) is 0 Å². The Hall–Kier alpha value is -2.07. The molecule has 2 heterocycles. The zero-order valence-electron chi connectivity index (χ0n) is 10.5. The molecule has 0 amide bonds. The van der Waals surface area contributed by atoms with Crippen molar-refractivity contribution in [2.45, 2.75) is 24.8 Å². The van der Waals surface area contributed by atoms with Gasteiger partial charge < -0.3 is 15.1 Å². The minimum absolute atomic E-state index is 0.341. The van der Waals surface area contributed by atoms with Crippen LogP contribution in [0.3, 0.4) is 0 Å². The summed E-state index contributed by atoms with van der Waals surface area (Å²) in [7, 11) is 0. The van der Waals surface area contributed by atoms with Crippen molar-refractivity contribution in [3.63, 3.8) is 0 Å². The summed E-state index contributed by atoms with van der Waals surface area (Å²) in [5.74, 6) is 1.53. The molecule has 1 saturated carbocycles. The number of nitrogens with zero attached hydrogens (tertiary/aromatic N) is 1. The number of aromatic amines is 1. The fourth-order valence-electron chi connectivity index (χ4n) is 2.75. The average Bonchev–Trinajstić information content (AvgIpc) is 3.01. The summed E-state index contributed by atoms with van der Waals surface area (Å²) in [6.45, 7) is 0. The van der Waals surface area contributed by atoms with Gasteiger partial charge in [-0.05, 0) is 18.9 Å². The molecule has 19 heavy (non-hydrogen) atoms. The molecule has 0 bridgehead atoms. The Labute approximate surface area is 110 Å². The van der Waals surface area contributed by atoms with Crippen LogP contribution in [0.25, 0.3) is 22.2 Å². The van der Waals surface area contributed by atoms with Gasteiger partial charge >= 0.3 is 0 Å². The Morgan fingerprint density at radius 2 is 2.11 bits per heavy atom. The van der Waals surface area contributed by atoms with Gasteiger partial charge in [0.15, 0.2) is 0 Å². The molecule has 3 aromatic rings. The summed E-state index contributed by atoms with van der Waals surface area (Å²) in [5.41, 5.74) is 8.81. The van der Waals surface area contributed by atoms with Gasteiger partial charge in [0.2, 0.25) is 0 Å². The maximum absolute atomic E-state index is 5.83. The summed E-state index contributed by atoms with van der Waals surface area (Å²) in [6.07, 6.45) is 5.73. The highest BCUT2D eigenvalue weighted by molar-refractivity contribution is 5.92. The molecule has 0 spiro atoms. The highest BCUT2D eigenvalue weighted by Crippen LogP contribution is 2.36. The number of hydrogen-bond donors (Lipinski definition) is 2. The number of furan rings is 1. The van der Waals surface area contributed by atoms with Crippen molar-refractivity contribution in [1.82, 2.24) is 9.97 Å². The summed E-state index contributed by atoms with van der Waals surface area (Å²) >= 11 is 0. The number of nitrogens with one attached hydrogen (secondary N) is 1. The van der Waals surface area contributed by atoms with Crippen LogP contribution in [0, 0.1) is 0 Å². The van der Waals surface area contributed by atoms with E-state index in [0.29, 0.717) is 12.0 Å². The highest BCUT2D eigenvalue weighted by atomic mass is 16.3. The Bertz CT molecular complexity index is 722. The van der Waals surface area contributed by atoms with Gasteiger partial charge in [0, 0.05) is 22.9 Å². The van der Waals surface area contributed by atoms with Gasteiger partial charge in [0.25, 0.3) is 0 Å². The van der Waals surface area contributed by atoms with Gasteiger partial charge in [-0.3, -0.25) is 0 Å². The van der Waals surface area contributed by atoms with E-state index in [0.717, 1.165) is 40.9 Å². The first-order chi connectivity index (χ1) is 9.31. The Morgan fingerprint density at radius 1 is 1.26 bits per heavy atom. The fraction of sp³-hybridized carbons (Fsp3) is 0.267. The number of nitrogens with two attached hydrogens (primary N) is 1. The van der Waals surface area contributed by atoms with E-state index in [9.17, 15) is 0 Å². The maximum Gasteiger partial charge on any atom is 0.134 e. The lowest BCUT2D eigenvalue weighted by Crippen LogP contribution is -2.35. The third kappa shape index (κ3) is 1.68. The number of imidazole rings is 1. The standard InChI is InChI=1S/C15H15N3O/c16-10-5-9(6-10)15-17-7-13(18-15)12-8-19-14-4-2-1-3-11(12)14/h1-4,7-10H,5-6,16H2,(H,17,18). The van der Waals surface area contributed by atoms with Crippen molar-refractivity contribution in [3.8, 4) is 11.3 Å². The first kappa shape index (κ1) is 10.8. The molecule has 2 aromatic heterocycles. The Balaban J connectivity index is 1.72. The first-order valence-corrected chi connectivity index (χ1v) is 6.58. The predicted molar refractivity (Wildman–Crippen MR) is 73.7 cm³/mol. The molecule has 4 heteroatoms. The molecule has 0 radical (unpaired) electrons. The van der Waals surface area contributed by atoms with Crippen LogP contribution >= 0.6 is 0 Å². The summed E-state index contributed by atoms with van der Waals surface area (Å²) in [6, 6.07) is 8.37. The lowest BCUT2D eigenvalue weighted by Gasteiger charge is -2.30. The van der Waals surface area contributed by atoms with Gasteiger partial charge in [-0.2, -0.15) is 0 Å². The molecule has 1 aromatic carbocycles. The van der Waals surface area contributed by atoms with Crippen molar-refractivity contribution in [2.24, 2.45) is 5.73 Å². The Kier molecular flexibility index (Phi) is 2.26. The molecule has 4 nitrogen and oxygen atoms in total. The topological polar surface area (TPSA) is 67.8 Å². The van der Waals surface area contributed by atoms with Gasteiger partial charge in [-0.15, -0.1) is 0 Å². The van der Waals surface area contributed by atoms with Crippen LogP contribution in [0.15, 0.2) is 41.1 Å². The molecule has 0 atom stereocenters. The van der Waals surface area contributed by atoms with E-state index in [2.05, 4.69) is 16.0 Å². The normalized spacial score (nSPS) is 22.6. The molecule has 0 unspecified atom stereocenters. The molecule has 96 valence electrons. The van der Waals surface area contributed by atoms with Crippen molar-refractivity contribution in [3.05, 3.63) is 42.5 Å². The van der Waals surface area contributed by atoms with Crippen LogP contribution in [0.5, 0.6) is 0 Å². The average molecular weight is 253 g/mol. The quantitative estimate of drug-likeness (QED) is 0.737. The smallest absolute Gasteiger partial charge is 0.134 e. The zero-order valence-corrected chi connectivity index (χ0v) is 10.5. The zero-order chi connectivity index (χ0) is 12.8. The number of aromatic nitrogens is 2. The van der Waals surface area contributed by atoms with E-state index in [1.165, 1.54) is 0 Å². The third-order valence-corrected chi connectivity index (χ3v) is 3.93. The molecule has 3 N–H and O–H groups in total. The monoisotopic (exact) mass is 253 g/mol. The molecule has 1 aliphatic carbocycles. The van der Waals surface area contributed by atoms with Crippen LogP contribution in [-0.4, -0.2) is 16.0 Å². The van der Waals surface area contributed by atoms with E-state index in [4.69, 9.17) is 10.2 Å². The van der Waals surface area contributed by atoms with Gasteiger partial charge in [0.1, 0.15) is 17.7 Å². The molecular weight excluding hydrogens is 238 g/mol. The van der Waals surface area contributed by atoms with E-state index < -0.39 is 0 Å². The van der Waals surface area contributed by atoms with Crippen molar-refractivity contribution >= 4 is 11.0 Å². The number of para-hydroxylation sites is 1. The lowest BCUT2D eigenvalue weighted by molar-refractivity contribution is 0.340. The number of benzene rings is 1. The van der Waals surface area contributed by atoms with E-state index in [-0.39, 0.29) is 0 Å². The molecule has 1 fully saturated rings. The largest absolute Gasteiger partial charge is 0.464 e. The second-order valence-corrected chi connectivity index (χ2v) is 5.26. The molecular formula is C15H15N3O. The molecule has 0 aliphatic heterocycles. The van der Waals surface area contributed by atoms with Crippen LogP contribution in [0.2, 0.25) is 0 Å². The van der Waals surface area contributed by atoms with E-state index >= 15 is 0 Å². The van der Waals surface area contributed by atoms with Crippen LogP contribution < -0.4 is 5.73 Å². The lowest BCUT2D eigenvalue weighted by atomic mass is 9.80. The van der Waals surface area contributed by atoms with Gasteiger partial charge in [-0.1, -0.05) is 18.2 Å². The second-order valence-electron chi connectivity index (χ2n) is 5.26. The number of hydrogen-bond acceptors (Lipinski definition) is 3. The van der Waals surface area contributed by atoms with Crippen molar-refractivity contribution in [2.75, 3.05) is 0 Å². The highest BCUT2D eigenvalue weighted by Gasteiger charge is 2.29. The minimum Gasteiger partial charge on any atom is -0.464 e. The molecule has 1 aliphatic rings. The second kappa shape index (κ2) is 3.96. The van der Waals surface area contributed by atoms with Crippen LogP contribution in [-0.2, 0) is 0 Å². The summed E-state index contributed by atoms with van der Waals surface area (Å²) in [5, 5.41) is 1.11. The van der Waals surface area contributed by atoms with Crippen LogP contribution in [0.1, 0.15) is 24.6 Å². The SMILES string of the molecule is NC1CC(c2ncc(-c3coc4ccccc34)[nH]2)C1. The number of rotatable bonds is 2. The maximum atomic E-state index is 5.83. The van der Waals surface area contributed by atoms with Gasteiger partial charge in [0.05, 0.1) is 11.9 Å². The van der Waals surface area contributed by atoms with E-state index in [1.54, 1.807) is 6.26 Å². The number of fused-ring (bicyclic) bond motifs is 1. The van der Waals surface area contributed by atoms with E-state index in [1.807, 2.05) is 24.4 Å². The third-order valence-electron chi connectivity index (χ3n) is 3.93. The van der Waals surface area contributed by atoms with Crippen molar-refractivity contribution in [1.29, 1.82) is 0 Å². The molecule has 0 saturated heterocycles. The molecule has 4 rings (SSSR count). The minimum atomic E-state index is 0.341. The van der Waals surface area contributed by atoms with Gasteiger partial charge in [-0.25, -0.2) is 4.98 Å². The Morgan fingerprint density at radius 3 is 2.95 bits per heavy atom. The fourth-order valence-corrected chi connectivity index (χ4v) is 2.75. The van der Waals surface area contributed by atoms with Crippen molar-refractivity contribution < 1.29 is 4.42 Å².